The van der Waals surface area contributed by atoms with Crippen LogP contribution in [0.25, 0.3) is 0 Å². The Kier molecular flexibility index (Phi) is 4.46. The fraction of sp³-hybridized carbons (Fsp3) is 0.818. The van der Waals surface area contributed by atoms with Crippen molar-refractivity contribution in [2.75, 3.05) is 6.61 Å². The summed E-state index contributed by atoms with van der Waals surface area (Å²) in [6.45, 7) is 4.80. The van der Waals surface area contributed by atoms with E-state index in [9.17, 15) is 5.11 Å². The summed E-state index contributed by atoms with van der Waals surface area (Å²) in [4.78, 5) is 0. The van der Waals surface area contributed by atoms with Gasteiger partial charge in [0.1, 0.15) is 0 Å². The van der Waals surface area contributed by atoms with Crippen LogP contribution in [0.2, 0.25) is 0 Å². The monoisotopic (exact) mass is 184 g/mol. The standard InChI is InChI=1S/C11H20O2/c1-3-4-11-8-10(5-6-13-11)7-9(2)12/h7,9,11-12H,3-6,8H2,1-2H3. The van der Waals surface area contributed by atoms with Gasteiger partial charge in [-0.1, -0.05) is 25.0 Å². The predicted octanol–water partition coefficient (Wildman–Crippen LogP) is 2.27. The first-order chi connectivity index (χ1) is 6.22. The van der Waals surface area contributed by atoms with E-state index in [4.69, 9.17) is 4.74 Å². The van der Waals surface area contributed by atoms with Gasteiger partial charge in [0.05, 0.1) is 18.8 Å². The Morgan fingerprint density at radius 3 is 3.08 bits per heavy atom. The summed E-state index contributed by atoms with van der Waals surface area (Å²) in [5, 5.41) is 9.20. The Balaban J connectivity index is 2.41. The van der Waals surface area contributed by atoms with Crippen LogP contribution in [-0.4, -0.2) is 23.9 Å². The average Bonchev–Trinajstić information content (AvgIpc) is 2.04. The highest BCUT2D eigenvalue weighted by atomic mass is 16.5. The first-order valence-electron chi connectivity index (χ1n) is 5.21. The van der Waals surface area contributed by atoms with Gasteiger partial charge in [0.2, 0.25) is 0 Å². The molecule has 13 heavy (non-hydrogen) atoms. The Hall–Kier alpha value is -0.340. The fourth-order valence-corrected chi connectivity index (χ4v) is 1.81. The van der Waals surface area contributed by atoms with Gasteiger partial charge in [0.15, 0.2) is 0 Å². The maximum Gasteiger partial charge on any atom is 0.0695 e. The number of hydrogen-bond donors (Lipinski definition) is 1. The summed E-state index contributed by atoms with van der Waals surface area (Å²) < 4.78 is 5.61. The molecule has 0 amide bonds. The van der Waals surface area contributed by atoms with E-state index in [-0.39, 0.29) is 6.10 Å². The SMILES string of the molecule is CCCC1CC(=CC(C)O)CCO1. The van der Waals surface area contributed by atoms with Crippen LogP contribution in [0.15, 0.2) is 11.6 Å². The van der Waals surface area contributed by atoms with Gasteiger partial charge in [-0.15, -0.1) is 0 Å². The second kappa shape index (κ2) is 5.40. The van der Waals surface area contributed by atoms with Crippen molar-refractivity contribution in [1.29, 1.82) is 0 Å². The quantitative estimate of drug-likeness (QED) is 0.682. The van der Waals surface area contributed by atoms with Crippen molar-refractivity contribution >= 4 is 0 Å². The molecule has 0 spiro atoms. The summed E-state index contributed by atoms with van der Waals surface area (Å²) in [7, 11) is 0. The minimum atomic E-state index is -0.310. The van der Waals surface area contributed by atoms with E-state index in [0.29, 0.717) is 6.10 Å². The van der Waals surface area contributed by atoms with Crippen molar-refractivity contribution in [3.63, 3.8) is 0 Å². The summed E-state index contributed by atoms with van der Waals surface area (Å²) in [5.41, 5.74) is 1.36. The molecule has 1 heterocycles. The van der Waals surface area contributed by atoms with Crippen molar-refractivity contribution in [3.05, 3.63) is 11.6 Å². The van der Waals surface area contributed by atoms with Crippen LogP contribution in [0.1, 0.15) is 39.5 Å². The van der Waals surface area contributed by atoms with Gasteiger partial charge in [-0.3, -0.25) is 0 Å². The number of rotatable bonds is 3. The lowest BCUT2D eigenvalue weighted by Crippen LogP contribution is -2.21. The molecule has 1 aliphatic rings. The second-order valence-electron chi connectivity index (χ2n) is 3.80. The fourth-order valence-electron chi connectivity index (χ4n) is 1.81. The minimum absolute atomic E-state index is 0.310. The number of aliphatic hydroxyl groups excluding tert-OH is 1. The molecular formula is C11H20O2. The number of aliphatic hydroxyl groups is 1. The lowest BCUT2D eigenvalue weighted by molar-refractivity contribution is 0.0295. The summed E-state index contributed by atoms with van der Waals surface area (Å²) in [6, 6.07) is 0. The Labute approximate surface area is 80.6 Å². The molecule has 0 aromatic heterocycles. The molecule has 0 radical (unpaired) electrons. The van der Waals surface area contributed by atoms with Gasteiger partial charge >= 0.3 is 0 Å². The van der Waals surface area contributed by atoms with Crippen molar-refractivity contribution in [1.82, 2.24) is 0 Å². The zero-order valence-electron chi connectivity index (χ0n) is 8.62. The highest BCUT2D eigenvalue weighted by Gasteiger charge is 2.16. The summed E-state index contributed by atoms with van der Waals surface area (Å²) in [6.07, 6.45) is 6.36. The molecule has 0 bridgehead atoms. The molecule has 2 nitrogen and oxygen atoms in total. The van der Waals surface area contributed by atoms with Gasteiger partial charge in [-0.25, -0.2) is 0 Å². The molecule has 0 saturated carbocycles. The van der Waals surface area contributed by atoms with Crippen LogP contribution >= 0.6 is 0 Å². The third-order valence-corrected chi connectivity index (χ3v) is 2.35. The third-order valence-electron chi connectivity index (χ3n) is 2.35. The van der Waals surface area contributed by atoms with E-state index in [2.05, 4.69) is 6.92 Å². The lowest BCUT2D eigenvalue weighted by Gasteiger charge is -2.25. The van der Waals surface area contributed by atoms with Crippen molar-refractivity contribution in [2.24, 2.45) is 0 Å². The lowest BCUT2D eigenvalue weighted by atomic mass is 9.98. The predicted molar refractivity (Wildman–Crippen MR) is 53.6 cm³/mol. The van der Waals surface area contributed by atoms with Crippen molar-refractivity contribution in [2.45, 2.75) is 51.7 Å². The molecule has 0 aromatic rings. The maximum atomic E-state index is 9.20. The van der Waals surface area contributed by atoms with Gasteiger partial charge in [-0.2, -0.15) is 0 Å². The Morgan fingerprint density at radius 2 is 2.46 bits per heavy atom. The summed E-state index contributed by atoms with van der Waals surface area (Å²) in [5.74, 6) is 0. The second-order valence-corrected chi connectivity index (χ2v) is 3.80. The molecule has 1 rings (SSSR count). The molecule has 1 aliphatic heterocycles. The molecule has 2 heteroatoms. The van der Waals surface area contributed by atoms with E-state index < -0.39 is 0 Å². The van der Waals surface area contributed by atoms with E-state index in [0.717, 1.165) is 25.9 Å². The largest absolute Gasteiger partial charge is 0.389 e. The van der Waals surface area contributed by atoms with Crippen molar-refractivity contribution in [3.8, 4) is 0 Å². The van der Waals surface area contributed by atoms with E-state index in [1.165, 1.54) is 12.0 Å². The number of ether oxygens (including phenoxy) is 1. The molecule has 2 atom stereocenters. The molecule has 1 N–H and O–H groups in total. The van der Waals surface area contributed by atoms with Crippen molar-refractivity contribution < 1.29 is 9.84 Å². The van der Waals surface area contributed by atoms with Crippen LogP contribution in [0.5, 0.6) is 0 Å². The van der Waals surface area contributed by atoms with Crippen LogP contribution in [0.3, 0.4) is 0 Å². The Morgan fingerprint density at radius 1 is 1.69 bits per heavy atom. The van der Waals surface area contributed by atoms with Gasteiger partial charge < -0.3 is 9.84 Å². The minimum Gasteiger partial charge on any atom is -0.389 e. The van der Waals surface area contributed by atoms with Crippen LogP contribution in [0.4, 0.5) is 0 Å². The molecule has 0 aliphatic carbocycles. The third kappa shape index (κ3) is 3.92. The van der Waals surface area contributed by atoms with Gasteiger partial charge in [0.25, 0.3) is 0 Å². The smallest absolute Gasteiger partial charge is 0.0695 e. The zero-order valence-corrected chi connectivity index (χ0v) is 8.62. The number of hydrogen-bond acceptors (Lipinski definition) is 2. The van der Waals surface area contributed by atoms with Gasteiger partial charge in [-0.05, 0) is 26.2 Å². The zero-order chi connectivity index (χ0) is 9.68. The average molecular weight is 184 g/mol. The van der Waals surface area contributed by atoms with Crippen LogP contribution in [0, 0.1) is 0 Å². The molecule has 76 valence electrons. The van der Waals surface area contributed by atoms with Gasteiger partial charge in [0, 0.05) is 0 Å². The Bertz CT molecular complexity index is 171. The highest BCUT2D eigenvalue weighted by Crippen LogP contribution is 2.22. The molecule has 1 fully saturated rings. The topological polar surface area (TPSA) is 29.5 Å². The molecule has 1 saturated heterocycles. The first kappa shape index (κ1) is 10.7. The maximum absolute atomic E-state index is 9.20. The summed E-state index contributed by atoms with van der Waals surface area (Å²) >= 11 is 0. The molecule has 0 aromatic carbocycles. The normalized spacial score (nSPS) is 29.2. The van der Waals surface area contributed by atoms with Crippen LogP contribution in [-0.2, 0) is 4.74 Å². The van der Waals surface area contributed by atoms with E-state index in [1.54, 1.807) is 6.92 Å². The highest BCUT2D eigenvalue weighted by molar-refractivity contribution is 5.07. The van der Waals surface area contributed by atoms with Crippen LogP contribution < -0.4 is 0 Å². The molecular weight excluding hydrogens is 164 g/mol. The van der Waals surface area contributed by atoms with E-state index in [1.807, 2.05) is 6.08 Å². The first-order valence-corrected chi connectivity index (χ1v) is 5.21. The molecule has 2 unspecified atom stereocenters. The van der Waals surface area contributed by atoms with E-state index >= 15 is 0 Å².